The molecule has 0 aromatic heterocycles. The summed E-state index contributed by atoms with van der Waals surface area (Å²) in [5, 5.41) is 29.6. The summed E-state index contributed by atoms with van der Waals surface area (Å²) >= 11 is 15.0. The third-order valence-electron chi connectivity index (χ3n) is 1.84. The van der Waals surface area contributed by atoms with Crippen LogP contribution in [0.5, 0.6) is 0 Å². The van der Waals surface area contributed by atoms with E-state index in [1.165, 1.54) is 6.07 Å². The molecule has 88 valence electrons. The quantitative estimate of drug-likeness (QED) is 0.651. The maximum Gasteiger partial charge on any atom is 0.163 e. The molecule has 0 unspecified atom stereocenters. The van der Waals surface area contributed by atoms with Crippen LogP contribution in [0.4, 0.5) is 5.69 Å². The lowest BCUT2D eigenvalue weighted by atomic mass is 10.2. The molecule has 0 saturated heterocycles. The van der Waals surface area contributed by atoms with Crippen molar-refractivity contribution in [1.29, 1.82) is 15.8 Å². The number of rotatable bonds is 2. The Morgan fingerprint density at radius 1 is 1.11 bits per heavy atom. The standard InChI is InChI=1S/C11H3BrCl2N4/c12-8-1-7(13)2-9(11(8)14)18-10(5-17)6(3-15)4-16/h1-2,18H. The molecule has 0 fully saturated rings. The molecule has 0 atom stereocenters. The van der Waals surface area contributed by atoms with Gasteiger partial charge in [0.05, 0.1) is 10.7 Å². The molecule has 0 heterocycles. The molecule has 4 nitrogen and oxygen atoms in total. The zero-order valence-corrected chi connectivity index (χ0v) is 11.7. The molecule has 0 radical (unpaired) electrons. The van der Waals surface area contributed by atoms with E-state index in [9.17, 15) is 0 Å². The Kier molecular flexibility index (Phi) is 5.01. The SMILES string of the molecule is N#CC(C#N)=C(C#N)Nc1cc(Cl)cc(Br)c1Cl. The first-order valence-electron chi connectivity index (χ1n) is 4.39. The van der Waals surface area contributed by atoms with Gasteiger partial charge >= 0.3 is 0 Å². The summed E-state index contributed by atoms with van der Waals surface area (Å²) in [7, 11) is 0. The van der Waals surface area contributed by atoms with Crippen LogP contribution in [0, 0.1) is 34.0 Å². The van der Waals surface area contributed by atoms with Crippen molar-refractivity contribution in [2.75, 3.05) is 5.32 Å². The Balaban J connectivity index is 3.30. The molecule has 0 aliphatic carbocycles. The molecule has 18 heavy (non-hydrogen) atoms. The third kappa shape index (κ3) is 3.15. The van der Waals surface area contributed by atoms with Crippen LogP contribution < -0.4 is 5.32 Å². The fourth-order valence-corrected chi connectivity index (χ4v) is 2.03. The van der Waals surface area contributed by atoms with Crippen molar-refractivity contribution in [2.24, 2.45) is 0 Å². The van der Waals surface area contributed by atoms with Crippen molar-refractivity contribution in [3.63, 3.8) is 0 Å². The van der Waals surface area contributed by atoms with Crippen LogP contribution in [-0.2, 0) is 0 Å². The smallest absolute Gasteiger partial charge is 0.163 e. The van der Waals surface area contributed by atoms with Crippen LogP contribution in [0.25, 0.3) is 0 Å². The van der Waals surface area contributed by atoms with Gasteiger partial charge in [0.25, 0.3) is 0 Å². The molecular formula is C11H3BrCl2N4. The number of allylic oxidation sites excluding steroid dienone is 2. The summed E-state index contributed by atoms with van der Waals surface area (Å²) in [5.74, 6) is 0. The van der Waals surface area contributed by atoms with Crippen molar-refractivity contribution in [3.05, 3.63) is 37.9 Å². The first-order chi connectivity index (χ1) is 8.53. The normalized spacial score (nSPS) is 8.67. The van der Waals surface area contributed by atoms with E-state index in [1.54, 1.807) is 24.3 Å². The van der Waals surface area contributed by atoms with Gasteiger partial charge in [-0.1, -0.05) is 23.2 Å². The first-order valence-corrected chi connectivity index (χ1v) is 5.94. The highest BCUT2D eigenvalue weighted by molar-refractivity contribution is 9.10. The van der Waals surface area contributed by atoms with Crippen molar-refractivity contribution < 1.29 is 0 Å². The summed E-state index contributed by atoms with van der Waals surface area (Å²) in [6.45, 7) is 0. The summed E-state index contributed by atoms with van der Waals surface area (Å²) in [6, 6.07) is 8.03. The van der Waals surface area contributed by atoms with E-state index in [2.05, 4.69) is 21.2 Å². The number of halogens is 3. The number of nitrogens with one attached hydrogen (secondary N) is 1. The van der Waals surface area contributed by atoms with Crippen LogP contribution in [0.1, 0.15) is 0 Å². The van der Waals surface area contributed by atoms with E-state index in [-0.39, 0.29) is 11.3 Å². The van der Waals surface area contributed by atoms with E-state index in [1.807, 2.05) is 0 Å². The fraction of sp³-hybridized carbons (Fsp3) is 0. The second-order valence-electron chi connectivity index (χ2n) is 2.96. The zero-order valence-electron chi connectivity index (χ0n) is 8.63. The van der Waals surface area contributed by atoms with Crippen LogP contribution in [0.3, 0.4) is 0 Å². The lowest BCUT2D eigenvalue weighted by molar-refractivity contribution is 1.37. The molecule has 1 N–H and O–H groups in total. The van der Waals surface area contributed by atoms with Crippen LogP contribution >= 0.6 is 39.1 Å². The number of nitrogens with zero attached hydrogens (tertiary/aromatic N) is 3. The van der Waals surface area contributed by atoms with E-state index < -0.39 is 0 Å². The van der Waals surface area contributed by atoms with Gasteiger partial charge in [0.1, 0.15) is 23.9 Å². The van der Waals surface area contributed by atoms with Crippen molar-refractivity contribution >= 4 is 44.8 Å². The van der Waals surface area contributed by atoms with Crippen LogP contribution in [0.2, 0.25) is 10.0 Å². The fourth-order valence-electron chi connectivity index (χ4n) is 1.06. The van der Waals surface area contributed by atoms with Crippen molar-refractivity contribution in [1.82, 2.24) is 0 Å². The summed E-state index contributed by atoms with van der Waals surface area (Å²) in [4.78, 5) is 0. The molecule has 1 rings (SSSR count). The molecule has 0 spiro atoms. The van der Waals surface area contributed by atoms with Gasteiger partial charge in [0.15, 0.2) is 5.57 Å². The van der Waals surface area contributed by atoms with Crippen LogP contribution in [0.15, 0.2) is 27.9 Å². The average Bonchev–Trinajstić information content (AvgIpc) is 2.35. The maximum atomic E-state index is 8.89. The van der Waals surface area contributed by atoms with E-state index in [4.69, 9.17) is 39.0 Å². The Bertz CT molecular complexity index is 631. The highest BCUT2D eigenvalue weighted by Gasteiger charge is 2.11. The second-order valence-corrected chi connectivity index (χ2v) is 4.63. The number of hydrogen-bond donors (Lipinski definition) is 1. The predicted octanol–water partition coefficient (Wildman–Crippen LogP) is 3.99. The Hall–Kier alpha value is -1.71. The molecule has 0 aliphatic rings. The van der Waals surface area contributed by atoms with Crippen molar-refractivity contribution in [2.45, 2.75) is 0 Å². The van der Waals surface area contributed by atoms with E-state index >= 15 is 0 Å². The van der Waals surface area contributed by atoms with Gasteiger partial charge in [-0.25, -0.2) is 0 Å². The lowest BCUT2D eigenvalue weighted by Gasteiger charge is -2.09. The second kappa shape index (κ2) is 6.28. The highest BCUT2D eigenvalue weighted by Crippen LogP contribution is 2.34. The molecule has 0 saturated carbocycles. The topological polar surface area (TPSA) is 83.4 Å². The minimum atomic E-state index is -0.329. The molecule has 1 aromatic carbocycles. The van der Waals surface area contributed by atoms with Gasteiger partial charge in [0.2, 0.25) is 0 Å². The zero-order chi connectivity index (χ0) is 13.7. The van der Waals surface area contributed by atoms with Gasteiger partial charge < -0.3 is 5.32 Å². The number of anilines is 1. The lowest BCUT2D eigenvalue weighted by Crippen LogP contribution is -2.01. The number of hydrogen-bond acceptors (Lipinski definition) is 4. The first kappa shape index (κ1) is 14.4. The molecule has 0 amide bonds. The Labute approximate surface area is 122 Å². The summed E-state index contributed by atoms with van der Waals surface area (Å²) in [5.41, 5.74) is -0.184. The number of benzene rings is 1. The van der Waals surface area contributed by atoms with Crippen LogP contribution in [-0.4, -0.2) is 0 Å². The molecule has 1 aromatic rings. The predicted molar refractivity (Wildman–Crippen MR) is 71.6 cm³/mol. The minimum absolute atomic E-state index is 0.184. The summed E-state index contributed by atoms with van der Waals surface area (Å²) < 4.78 is 0.534. The van der Waals surface area contributed by atoms with E-state index in [0.717, 1.165) is 0 Å². The van der Waals surface area contributed by atoms with E-state index in [0.29, 0.717) is 20.2 Å². The highest BCUT2D eigenvalue weighted by atomic mass is 79.9. The minimum Gasteiger partial charge on any atom is -0.344 e. The molecule has 0 bridgehead atoms. The monoisotopic (exact) mass is 340 g/mol. The Morgan fingerprint density at radius 3 is 2.22 bits per heavy atom. The van der Waals surface area contributed by atoms with Gasteiger partial charge in [0, 0.05) is 9.50 Å². The molecule has 7 heteroatoms. The van der Waals surface area contributed by atoms with Gasteiger partial charge in [-0.3, -0.25) is 0 Å². The molecule has 0 aliphatic heterocycles. The van der Waals surface area contributed by atoms with Gasteiger partial charge in [-0.15, -0.1) is 0 Å². The number of nitriles is 3. The van der Waals surface area contributed by atoms with Gasteiger partial charge in [-0.2, -0.15) is 15.8 Å². The largest absolute Gasteiger partial charge is 0.344 e. The average molecular weight is 342 g/mol. The van der Waals surface area contributed by atoms with Crippen molar-refractivity contribution in [3.8, 4) is 18.2 Å². The maximum absolute atomic E-state index is 8.89. The van der Waals surface area contributed by atoms with Gasteiger partial charge in [-0.05, 0) is 28.1 Å². The third-order valence-corrected chi connectivity index (χ3v) is 3.32. The Morgan fingerprint density at radius 2 is 1.72 bits per heavy atom. The summed E-state index contributed by atoms with van der Waals surface area (Å²) in [6.07, 6.45) is 0. The molecular weight excluding hydrogens is 339 g/mol.